The number of alkyl halides is 3. The Balaban J connectivity index is 1.56. The fraction of sp³-hybridized carbons (Fsp3) is 0.211. The fourth-order valence-electron chi connectivity index (χ4n) is 3.08. The predicted molar refractivity (Wildman–Crippen MR) is 90.9 cm³/mol. The second kappa shape index (κ2) is 6.53. The SMILES string of the molecule is O=C1CC(c2noc(-c3ccccc3)n2)CN1c1cccc(C(F)(F)F)c1. The molecule has 1 amide bonds. The zero-order valence-corrected chi connectivity index (χ0v) is 14.0. The molecule has 0 bridgehead atoms. The molecule has 5 nitrogen and oxygen atoms in total. The molecule has 2 heterocycles. The first kappa shape index (κ1) is 17.3. The number of halogens is 3. The summed E-state index contributed by atoms with van der Waals surface area (Å²) in [5.41, 5.74) is 0.182. The van der Waals surface area contributed by atoms with Crippen molar-refractivity contribution in [2.45, 2.75) is 18.5 Å². The Bertz CT molecular complexity index is 970. The van der Waals surface area contributed by atoms with Crippen molar-refractivity contribution in [1.29, 1.82) is 0 Å². The molecular weight excluding hydrogens is 359 g/mol. The summed E-state index contributed by atoms with van der Waals surface area (Å²) in [5.74, 6) is 0.103. The monoisotopic (exact) mass is 373 g/mol. The van der Waals surface area contributed by atoms with Crippen LogP contribution in [0.5, 0.6) is 0 Å². The Morgan fingerprint density at radius 1 is 1.07 bits per heavy atom. The van der Waals surface area contributed by atoms with E-state index in [0.29, 0.717) is 11.7 Å². The van der Waals surface area contributed by atoms with Gasteiger partial charge in [0.1, 0.15) is 0 Å². The summed E-state index contributed by atoms with van der Waals surface area (Å²) >= 11 is 0. The van der Waals surface area contributed by atoms with Gasteiger partial charge < -0.3 is 9.42 Å². The van der Waals surface area contributed by atoms with Gasteiger partial charge in [-0.1, -0.05) is 29.4 Å². The Kier molecular flexibility index (Phi) is 4.18. The third-order valence-corrected chi connectivity index (χ3v) is 4.44. The molecule has 1 aliphatic rings. The molecule has 1 aliphatic heterocycles. The van der Waals surface area contributed by atoms with Gasteiger partial charge in [0.25, 0.3) is 5.89 Å². The maximum atomic E-state index is 12.9. The highest BCUT2D eigenvalue weighted by Crippen LogP contribution is 2.35. The number of carbonyl (C=O) groups excluding carboxylic acids is 1. The van der Waals surface area contributed by atoms with Crippen LogP contribution in [0.25, 0.3) is 11.5 Å². The van der Waals surface area contributed by atoms with Crippen LogP contribution in [0.3, 0.4) is 0 Å². The second-order valence-corrected chi connectivity index (χ2v) is 6.28. The molecule has 0 aliphatic carbocycles. The van der Waals surface area contributed by atoms with Gasteiger partial charge in [0, 0.05) is 30.1 Å². The lowest BCUT2D eigenvalue weighted by atomic mass is 10.1. The number of anilines is 1. The van der Waals surface area contributed by atoms with Crippen LogP contribution in [0.4, 0.5) is 18.9 Å². The van der Waals surface area contributed by atoms with Crippen molar-refractivity contribution in [2.24, 2.45) is 0 Å². The van der Waals surface area contributed by atoms with E-state index in [1.54, 1.807) is 0 Å². The van der Waals surface area contributed by atoms with E-state index in [0.717, 1.165) is 17.7 Å². The van der Waals surface area contributed by atoms with Crippen LogP contribution in [0.15, 0.2) is 59.1 Å². The van der Waals surface area contributed by atoms with Crippen molar-refractivity contribution in [2.75, 3.05) is 11.4 Å². The third kappa shape index (κ3) is 3.42. The molecule has 0 radical (unpaired) electrons. The van der Waals surface area contributed by atoms with Gasteiger partial charge in [-0.2, -0.15) is 18.2 Å². The van der Waals surface area contributed by atoms with Crippen LogP contribution in [0.2, 0.25) is 0 Å². The summed E-state index contributed by atoms with van der Waals surface area (Å²) < 4.78 is 44.0. The van der Waals surface area contributed by atoms with E-state index in [-0.39, 0.29) is 30.5 Å². The van der Waals surface area contributed by atoms with E-state index in [1.807, 2.05) is 30.3 Å². The molecule has 1 atom stereocenters. The van der Waals surface area contributed by atoms with Crippen LogP contribution >= 0.6 is 0 Å². The van der Waals surface area contributed by atoms with Crippen molar-refractivity contribution in [3.8, 4) is 11.5 Å². The zero-order valence-electron chi connectivity index (χ0n) is 14.0. The lowest BCUT2D eigenvalue weighted by Gasteiger charge is -2.18. The Morgan fingerprint density at radius 2 is 1.85 bits per heavy atom. The number of amides is 1. The van der Waals surface area contributed by atoms with Crippen molar-refractivity contribution in [3.05, 3.63) is 66.0 Å². The molecule has 4 rings (SSSR count). The van der Waals surface area contributed by atoms with E-state index in [2.05, 4.69) is 10.1 Å². The van der Waals surface area contributed by atoms with Crippen molar-refractivity contribution in [1.82, 2.24) is 10.1 Å². The Hall–Kier alpha value is -3.16. The molecule has 1 saturated heterocycles. The summed E-state index contributed by atoms with van der Waals surface area (Å²) in [4.78, 5) is 18.0. The molecule has 8 heteroatoms. The molecule has 138 valence electrons. The van der Waals surface area contributed by atoms with Crippen molar-refractivity contribution in [3.63, 3.8) is 0 Å². The van der Waals surface area contributed by atoms with Gasteiger partial charge in [0.15, 0.2) is 5.82 Å². The van der Waals surface area contributed by atoms with Gasteiger partial charge in [-0.05, 0) is 30.3 Å². The van der Waals surface area contributed by atoms with Gasteiger partial charge in [-0.15, -0.1) is 0 Å². The minimum absolute atomic E-state index is 0.115. The molecule has 1 unspecified atom stereocenters. The minimum atomic E-state index is -4.46. The highest BCUT2D eigenvalue weighted by atomic mass is 19.4. The number of carbonyl (C=O) groups is 1. The molecular formula is C19H14F3N3O2. The molecule has 0 saturated carbocycles. The second-order valence-electron chi connectivity index (χ2n) is 6.28. The number of hydrogen-bond acceptors (Lipinski definition) is 4. The highest BCUT2D eigenvalue weighted by molar-refractivity contribution is 5.96. The Labute approximate surface area is 152 Å². The first-order valence-corrected chi connectivity index (χ1v) is 8.28. The van der Waals surface area contributed by atoms with Crippen LogP contribution in [0.1, 0.15) is 23.7 Å². The number of aromatic nitrogens is 2. The number of hydrogen-bond donors (Lipinski definition) is 0. The first-order valence-electron chi connectivity index (χ1n) is 8.28. The summed E-state index contributed by atoms with van der Waals surface area (Å²) in [6, 6.07) is 13.9. The average Bonchev–Trinajstić information content (AvgIpc) is 3.29. The molecule has 1 aromatic heterocycles. The summed E-state index contributed by atoms with van der Waals surface area (Å²) in [6.45, 7) is 0.202. The van der Waals surface area contributed by atoms with Gasteiger partial charge >= 0.3 is 6.18 Å². The third-order valence-electron chi connectivity index (χ3n) is 4.44. The summed E-state index contributed by atoms with van der Waals surface area (Å²) in [5, 5.41) is 3.95. The van der Waals surface area contributed by atoms with Gasteiger partial charge in [-0.3, -0.25) is 4.79 Å². The molecule has 1 fully saturated rings. The lowest BCUT2D eigenvalue weighted by molar-refractivity contribution is -0.137. The van der Waals surface area contributed by atoms with Crippen LogP contribution in [0, 0.1) is 0 Å². The largest absolute Gasteiger partial charge is 0.416 e. The summed E-state index contributed by atoms with van der Waals surface area (Å²) in [6.07, 6.45) is -4.35. The van der Waals surface area contributed by atoms with Crippen molar-refractivity contribution >= 4 is 11.6 Å². The van der Waals surface area contributed by atoms with E-state index in [1.165, 1.54) is 17.0 Å². The average molecular weight is 373 g/mol. The zero-order chi connectivity index (χ0) is 19.0. The number of benzene rings is 2. The topological polar surface area (TPSA) is 59.2 Å². The maximum absolute atomic E-state index is 12.9. The van der Waals surface area contributed by atoms with E-state index in [4.69, 9.17) is 4.52 Å². The van der Waals surface area contributed by atoms with Crippen molar-refractivity contribution < 1.29 is 22.5 Å². The molecule has 3 aromatic rings. The maximum Gasteiger partial charge on any atom is 0.416 e. The molecule has 27 heavy (non-hydrogen) atoms. The smallest absolute Gasteiger partial charge is 0.334 e. The first-order chi connectivity index (χ1) is 12.9. The number of nitrogens with zero attached hydrogens (tertiary/aromatic N) is 3. The van der Waals surface area contributed by atoms with E-state index in [9.17, 15) is 18.0 Å². The Morgan fingerprint density at radius 3 is 2.59 bits per heavy atom. The predicted octanol–water partition coefficient (Wildman–Crippen LogP) is 4.28. The van der Waals surface area contributed by atoms with Gasteiger partial charge in [0.2, 0.25) is 5.91 Å². The van der Waals surface area contributed by atoms with Gasteiger partial charge in [0.05, 0.1) is 5.56 Å². The molecule has 0 spiro atoms. The number of rotatable bonds is 3. The summed E-state index contributed by atoms with van der Waals surface area (Å²) in [7, 11) is 0. The standard InChI is InChI=1S/C19H14F3N3O2/c20-19(21,22)14-7-4-8-15(10-14)25-11-13(9-16(25)26)17-23-18(27-24-17)12-5-2-1-3-6-12/h1-8,10,13H,9,11H2. The van der Waals surface area contributed by atoms with E-state index < -0.39 is 11.7 Å². The van der Waals surface area contributed by atoms with E-state index >= 15 is 0 Å². The highest BCUT2D eigenvalue weighted by Gasteiger charge is 2.36. The van der Waals surface area contributed by atoms with Gasteiger partial charge in [-0.25, -0.2) is 0 Å². The van der Waals surface area contributed by atoms with Crippen LogP contribution in [-0.4, -0.2) is 22.6 Å². The molecule has 2 aromatic carbocycles. The minimum Gasteiger partial charge on any atom is -0.334 e. The lowest BCUT2D eigenvalue weighted by Crippen LogP contribution is -2.24. The fourth-order valence-corrected chi connectivity index (χ4v) is 3.08. The van der Waals surface area contributed by atoms with Crippen LogP contribution in [-0.2, 0) is 11.0 Å². The quantitative estimate of drug-likeness (QED) is 0.688. The van der Waals surface area contributed by atoms with Crippen LogP contribution < -0.4 is 4.90 Å². The molecule has 0 N–H and O–H groups in total. The normalized spacial score (nSPS) is 17.5.